The van der Waals surface area contributed by atoms with E-state index in [1.807, 2.05) is 41.3 Å². The molecule has 2 aromatic rings. The highest BCUT2D eigenvalue weighted by molar-refractivity contribution is 5.89. The van der Waals surface area contributed by atoms with Gasteiger partial charge in [-0.25, -0.2) is 4.79 Å². The topological polar surface area (TPSA) is 64.6 Å². The molecule has 0 bridgehead atoms. The van der Waals surface area contributed by atoms with Crippen LogP contribution in [-0.2, 0) is 6.54 Å². The molecular weight excluding hydrogens is 314 g/mol. The number of phenols is 1. The van der Waals surface area contributed by atoms with Gasteiger partial charge < -0.3 is 20.6 Å². The Hall–Kier alpha value is -2.69. The van der Waals surface area contributed by atoms with Gasteiger partial charge in [0.15, 0.2) is 0 Å². The van der Waals surface area contributed by atoms with E-state index in [0.29, 0.717) is 6.54 Å². The minimum atomic E-state index is -0.0117. The van der Waals surface area contributed by atoms with Gasteiger partial charge in [-0.05, 0) is 54.8 Å². The standard InChI is InChI=1S/C20H25N3O2/c24-19-7-5-6-16(14-19)15-21-17-8-10-18(11-9-17)22-20(25)23-12-3-1-2-4-13-23/h5-11,14,21,24H,1-4,12-13,15H2,(H,22,25). The molecule has 132 valence electrons. The number of nitrogens with zero attached hydrogens (tertiary/aromatic N) is 1. The molecule has 0 atom stereocenters. The van der Waals surface area contributed by atoms with Gasteiger partial charge in [-0.3, -0.25) is 0 Å². The largest absolute Gasteiger partial charge is 0.508 e. The fourth-order valence-electron chi connectivity index (χ4n) is 3.02. The van der Waals surface area contributed by atoms with E-state index in [1.165, 1.54) is 12.8 Å². The Morgan fingerprint density at radius 1 is 0.960 bits per heavy atom. The van der Waals surface area contributed by atoms with Crippen LogP contribution in [0.3, 0.4) is 0 Å². The number of carbonyl (C=O) groups excluding carboxylic acids is 1. The quantitative estimate of drug-likeness (QED) is 0.773. The molecule has 0 aromatic heterocycles. The Balaban J connectivity index is 1.52. The van der Waals surface area contributed by atoms with Crippen LogP contribution >= 0.6 is 0 Å². The van der Waals surface area contributed by atoms with Crippen molar-refractivity contribution in [3.05, 3.63) is 54.1 Å². The molecule has 1 saturated heterocycles. The lowest BCUT2D eigenvalue weighted by atomic mass is 10.2. The molecule has 3 rings (SSSR count). The molecule has 5 nitrogen and oxygen atoms in total. The summed E-state index contributed by atoms with van der Waals surface area (Å²) in [5, 5.41) is 15.8. The van der Waals surface area contributed by atoms with Crippen LogP contribution in [0.1, 0.15) is 31.2 Å². The Labute approximate surface area is 148 Å². The normalized spacial score (nSPS) is 14.6. The maximum Gasteiger partial charge on any atom is 0.321 e. The Morgan fingerprint density at radius 2 is 1.64 bits per heavy atom. The Kier molecular flexibility index (Phi) is 5.77. The van der Waals surface area contributed by atoms with Crippen LogP contribution in [0, 0.1) is 0 Å². The summed E-state index contributed by atoms with van der Waals surface area (Å²) in [6, 6.07) is 14.9. The monoisotopic (exact) mass is 339 g/mol. The van der Waals surface area contributed by atoms with Crippen molar-refractivity contribution in [3.63, 3.8) is 0 Å². The molecule has 1 fully saturated rings. The molecule has 2 aromatic carbocycles. The molecule has 0 aliphatic carbocycles. The lowest BCUT2D eigenvalue weighted by molar-refractivity contribution is 0.214. The van der Waals surface area contributed by atoms with E-state index < -0.39 is 0 Å². The van der Waals surface area contributed by atoms with Crippen LogP contribution in [-0.4, -0.2) is 29.1 Å². The molecule has 0 spiro atoms. The number of amides is 2. The minimum absolute atomic E-state index is 0.0117. The molecular formula is C20H25N3O2. The maximum atomic E-state index is 12.3. The summed E-state index contributed by atoms with van der Waals surface area (Å²) in [4.78, 5) is 14.2. The fourth-order valence-corrected chi connectivity index (χ4v) is 3.02. The highest BCUT2D eigenvalue weighted by Crippen LogP contribution is 2.17. The van der Waals surface area contributed by atoms with E-state index in [2.05, 4.69) is 10.6 Å². The summed E-state index contributed by atoms with van der Waals surface area (Å²) < 4.78 is 0. The van der Waals surface area contributed by atoms with Gasteiger partial charge in [0.2, 0.25) is 0 Å². The van der Waals surface area contributed by atoms with Crippen LogP contribution in [0.15, 0.2) is 48.5 Å². The van der Waals surface area contributed by atoms with Crippen molar-refractivity contribution >= 4 is 17.4 Å². The number of aromatic hydroxyl groups is 1. The second kappa shape index (κ2) is 8.42. The fraction of sp³-hybridized carbons (Fsp3) is 0.350. The summed E-state index contributed by atoms with van der Waals surface area (Å²) in [6.45, 7) is 2.32. The highest BCUT2D eigenvalue weighted by Gasteiger charge is 2.15. The molecule has 2 amide bonds. The number of phenolic OH excluding ortho intramolecular Hbond substituents is 1. The number of rotatable bonds is 4. The minimum Gasteiger partial charge on any atom is -0.508 e. The highest BCUT2D eigenvalue weighted by atomic mass is 16.3. The van der Waals surface area contributed by atoms with Crippen molar-refractivity contribution in [2.45, 2.75) is 32.2 Å². The molecule has 0 saturated carbocycles. The van der Waals surface area contributed by atoms with Crippen molar-refractivity contribution in [1.29, 1.82) is 0 Å². The lowest BCUT2D eigenvalue weighted by Gasteiger charge is -2.20. The molecule has 0 radical (unpaired) electrons. The molecule has 5 heteroatoms. The van der Waals surface area contributed by atoms with E-state index in [9.17, 15) is 9.90 Å². The molecule has 0 unspecified atom stereocenters. The SMILES string of the molecule is O=C(Nc1ccc(NCc2cccc(O)c2)cc1)N1CCCCCC1. The van der Waals surface area contributed by atoms with Crippen LogP contribution < -0.4 is 10.6 Å². The zero-order valence-electron chi connectivity index (χ0n) is 14.4. The first-order valence-corrected chi connectivity index (χ1v) is 8.88. The van der Waals surface area contributed by atoms with E-state index in [-0.39, 0.29) is 11.8 Å². The van der Waals surface area contributed by atoms with E-state index >= 15 is 0 Å². The lowest BCUT2D eigenvalue weighted by Crippen LogP contribution is -2.35. The van der Waals surface area contributed by atoms with Crippen molar-refractivity contribution < 1.29 is 9.90 Å². The summed E-state index contributed by atoms with van der Waals surface area (Å²) >= 11 is 0. The van der Waals surface area contributed by atoms with Crippen LogP contribution in [0.5, 0.6) is 5.75 Å². The number of anilines is 2. The van der Waals surface area contributed by atoms with Crippen molar-refractivity contribution in [1.82, 2.24) is 4.90 Å². The average molecular weight is 339 g/mol. The Morgan fingerprint density at radius 3 is 2.32 bits per heavy atom. The summed E-state index contributed by atoms with van der Waals surface area (Å²) in [6.07, 6.45) is 4.60. The van der Waals surface area contributed by atoms with Gasteiger partial charge in [0, 0.05) is 31.0 Å². The van der Waals surface area contributed by atoms with Crippen molar-refractivity contribution in [2.24, 2.45) is 0 Å². The van der Waals surface area contributed by atoms with Gasteiger partial charge in [-0.2, -0.15) is 0 Å². The van der Waals surface area contributed by atoms with Gasteiger partial charge in [-0.1, -0.05) is 25.0 Å². The van der Waals surface area contributed by atoms with Crippen LogP contribution in [0.25, 0.3) is 0 Å². The summed E-state index contributed by atoms with van der Waals surface area (Å²) in [7, 11) is 0. The summed E-state index contributed by atoms with van der Waals surface area (Å²) in [5.41, 5.74) is 2.78. The second-order valence-corrected chi connectivity index (χ2v) is 6.43. The molecule has 3 N–H and O–H groups in total. The van der Waals surface area contributed by atoms with Gasteiger partial charge in [0.25, 0.3) is 0 Å². The van der Waals surface area contributed by atoms with Crippen LogP contribution in [0.4, 0.5) is 16.2 Å². The zero-order valence-corrected chi connectivity index (χ0v) is 14.4. The van der Waals surface area contributed by atoms with Gasteiger partial charge in [0.05, 0.1) is 0 Å². The number of urea groups is 1. The maximum absolute atomic E-state index is 12.3. The predicted molar refractivity (Wildman–Crippen MR) is 101 cm³/mol. The number of benzene rings is 2. The van der Waals surface area contributed by atoms with Crippen molar-refractivity contribution in [2.75, 3.05) is 23.7 Å². The van der Waals surface area contributed by atoms with E-state index in [1.54, 1.807) is 12.1 Å². The summed E-state index contributed by atoms with van der Waals surface area (Å²) in [5.74, 6) is 0.269. The first-order chi connectivity index (χ1) is 12.2. The van der Waals surface area contributed by atoms with E-state index in [0.717, 1.165) is 42.9 Å². The van der Waals surface area contributed by atoms with Crippen molar-refractivity contribution in [3.8, 4) is 5.75 Å². The Bertz CT molecular complexity index is 692. The third-order valence-corrected chi connectivity index (χ3v) is 4.44. The van der Waals surface area contributed by atoms with Gasteiger partial charge in [-0.15, -0.1) is 0 Å². The number of likely N-dealkylation sites (tertiary alicyclic amines) is 1. The third-order valence-electron chi connectivity index (χ3n) is 4.44. The first kappa shape index (κ1) is 17.1. The zero-order chi connectivity index (χ0) is 17.5. The molecule has 1 heterocycles. The second-order valence-electron chi connectivity index (χ2n) is 6.43. The van der Waals surface area contributed by atoms with Gasteiger partial charge >= 0.3 is 6.03 Å². The number of hydrogen-bond acceptors (Lipinski definition) is 3. The number of nitrogens with one attached hydrogen (secondary N) is 2. The number of carbonyl (C=O) groups is 1. The van der Waals surface area contributed by atoms with E-state index in [4.69, 9.17) is 0 Å². The molecule has 1 aliphatic rings. The number of hydrogen-bond donors (Lipinski definition) is 3. The average Bonchev–Trinajstić information content (AvgIpc) is 2.91. The smallest absolute Gasteiger partial charge is 0.321 e. The van der Waals surface area contributed by atoms with Crippen LogP contribution in [0.2, 0.25) is 0 Å². The predicted octanol–water partition coefficient (Wildman–Crippen LogP) is 4.41. The first-order valence-electron chi connectivity index (χ1n) is 8.88. The molecule has 1 aliphatic heterocycles. The third kappa shape index (κ3) is 5.14. The molecule has 25 heavy (non-hydrogen) atoms. The van der Waals surface area contributed by atoms with Gasteiger partial charge in [0.1, 0.15) is 5.75 Å².